The molecule has 1 N–H and O–H groups in total. The predicted molar refractivity (Wildman–Crippen MR) is 107 cm³/mol. The number of amides is 1. The van der Waals surface area contributed by atoms with Crippen molar-refractivity contribution in [2.24, 2.45) is 5.92 Å². The number of pyridine rings is 1. The molecule has 146 valence electrons. The van der Waals surface area contributed by atoms with Crippen molar-refractivity contribution in [3.63, 3.8) is 0 Å². The second kappa shape index (κ2) is 7.48. The number of carbonyl (C=O) groups is 1. The van der Waals surface area contributed by atoms with Gasteiger partial charge in [-0.1, -0.05) is 6.07 Å². The molecular formula is C19H19BrN4O4. The second-order valence-corrected chi connectivity index (χ2v) is 8.22. The van der Waals surface area contributed by atoms with Gasteiger partial charge in [-0.25, -0.2) is 0 Å². The quantitative estimate of drug-likeness (QED) is 0.574. The highest BCUT2D eigenvalue weighted by Gasteiger charge is 2.34. The summed E-state index contributed by atoms with van der Waals surface area (Å²) in [6.45, 7) is 2.44. The fourth-order valence-electron chi connectivity index (χ4n) is 4.24. The summed E-state index contributed by atoms with van der Waals surface area (Å²) in [5, 5.41) is 13.6. The van der Waals surface area contributed by atoms with Crippen molar-refractivity contribution in [3.8, 4) is 0 Å². The summed E-state index contributed by atoms with van der Waals surface area (Å²) in [6, 6.07) is 9.65. The highest BCUT2D eigenvalue weighted by atomic mass is 79.9. The van der Waals surface area contributed by atoms with Crippen LogP contribution < -0.4 is 10.9 Å². The van der Waals surface area contributed by atoms with Gasteiger partial charge in [-0.05, 0) is 40.4 Å². The van der Waals surface area contributed by atoms with Crippen LogP contribution in [-0.2, 0) is 11.3 Å². The van der Waals surface area contributed by atoms with Crippen molar-refractivity contribution in [3.05, 3.63) is 67.0 Å². The summed E-state index contributed by atoms with van der Waals surface area (Å²) in [7, 11) is 0. The van der Waals surface area contributed by atoms with E-state index in [0.717, 1.165) is 25.2 Å². The number of aromatic nitrogens is 1. The molecule has 0 radical (unpaired) electrons. The predicted octanol–water partition coefficient (Wildman–Crippen LogP) is 2.58. The molecule has 8 nitrogen and oxygen atoms in total. The van der Waals surface area contributed by atoms with Crippen molar-refractivity contribution >= 4 is 33.2 Å². The normalized spacial score (nSPS) is 21.0. The summed E-state index contributed by atoms with van der Waals surface area (Å²) in [4.78, 5) is 37.1. The minimum Gasteiger partial charge on any atom is -0.324 e. The Hall–Kier alpha value is -2.52. The zero-order valence-electron chi connectivity index (χ0n) is 15.0. The van der Waals surface area contributed by atoms with Crippen LogP contribution in [0.25, 0.3) is 0 Å². The summed E-state index contributed by atoms with van der Waals surface area (Å²) in [5.41, 5.74) is 1.56. The van der Waals surface area contributed by atoms with Gasteiger partial charge in [0.15, 0.2) is 0 Å². The zero-order chi connectivity index (χ0) is 19.8. The summed E-state index contributed by atoms with van der Waals surface area (Å²) in [6.07, 6.45) is 1.04. The molecule has 9 heteroatoms. The van der Waals surface area contributed by atoms with Crippen LogP contribution in [0.1, 0.15) is 18.0 Å². The molecule has 0 aliphatic carbocycles. The number of anilines is 1. The van der Waals surface area contributed by atoms with Gasteiger partial charge in [0.25, 0.3) is 11.2 Å². The van der Waals surface area contributed by atoms with Crippen LogP contribution in [0.15, 0.2) is 45.7 Å². The van der Waals surface area contributed by atoms with Crippen molar-refractivity contribution in [2.75, 3.05) is 25.0 Å². The first kappa shape index (κ1) is 18.8. The lowest BCUT2D eigenvalue weighted by atomic mass is 9.83. The van der Waals surface area contributed by atoms with E-state index in [1.54, 1.807) is 12.1 Å². The van der Waals surface area contributed by atoms with Gasteiger partial charge >= 0.3 is 0 Å². The molecule has 2 aliphatic rings. The molecule has 0 unspecified atom stereocenters. The van der Waals surface area contributed by atoms with E-state index in [4.69, 9.17) is 0 Å². The minimum absolute atomic E-state index is 0.0392. The van der Waals surface area contributed by atoms with Crippen LogP contribution in [0.5, 0.6) is 0 Å². The SMILES string of the molecule is O=C(CN1C[C@@H]2C[C@@H](C1)c1cccc(=O)n1C2)Nc1ccc([N+](=O)[O-])cc1Br. The molecule has 4 rings (SSSR count). The Labute approximate surface area is 169 Å². The van der Waals surface area contributed by atoms with Crippen LogP contribution in [-0.4, -0.2) is 39.9 Å². The number of nitrogens with zero attached hydrogens (tertiary/aromatic N) is 3. The average Bonchev–Trinajstić information content (AvgIpc) is 2.64. The van der Waals surface area contributed by atoms with Gasteiger partial charge in [0.05, 0.1) is 17.2 Å². The zero-order valence-corrected chi connectivity index (χ0v) is 16.6. The number of hydrogen-bond donors (Lipinski definition) is 1. The molecule has 2 aromatic rings. The van der Waals surface area contributed by atoms with E-state index in [1.807, 2.05) is 10.6 Å². The lowest BCUT2D eigenvalue weighted by molar-refractivity contribution is -0.384. The molecule has 0 spiro atoms. The highest BCUT2D eigenvalue weighted by Crippen LogP contribution is 2.35. The molecule has 28 heavy (non-hydrogen) atoms. The number of carbonyl (C=O) groups excluding carboxylic acids is 1. The molecule has 1 saturated heterocycles. The first-order chi connectivity index (χ1) is 13.4. The van der Waals surface area contributed by atoms with Crippen molar-refractivity contribution < 1.29 is 9.72 Å². The van der Waals surface area contributed by atoms with E-state index >= 15 is 0 Å². The number of hydrogen-bond acceptors (Lipinski definition) is 5. The Balaban J connectivity index is 1.43. The number of nitro benzene ring substituents is 1. The van der Waals surface area contributed by atoms with Crippen molar-refractivity contribution in [1.82, 2.24) is 9.47 Å². The molecule has 3 heterocycles. The lowest BCUT2D eigenvalue weighted by Gasteiger charge is -2.42. The van der Waals surface area contributed by atoms with Crippen molar-refractivity contribution in [1.29, 1.82) is 0 Å². The largest absolute Gasteiger partial charge is 0.324 e. The van der Waals surface area contributed by atoms with Gasteiger partial charge in [-0.3, -0.25) is 24.6 Å². The molecule has 1 amide bonds. The van der Waals surface area contributed by atoms with Crippen LogP contribution in [0.2, 0.25) is 0 Å². The Morgan fingerprint density at radius 3 is 2.82 bits per heavy atom. The molecule has 2 atom stereocenters. The van der Waals surface area contributed by atoms with Gasteiger partial charge in [0, 0.05) is 53.9 Å². The maximum Gasteiger partial charge on any atom is 0.270 e. The highest BCUT2D eigenvalue weighted by molar-refractivity contribution is 9.10. The summed E-state index contributed by atoms with van der Waals surface area (Å²) in [5.74, 6) is 0.436. The number of halogens is 1. The van der Waals surface area contributed by atoms with Gasteiger partial charge < -0.3 is 9.88 Å². The van der Waals surface area contributed by atoms with E-state index < -0.39 is 4.92 Å². The van der Waals surface area contributed by atoms with Crippen LogP contribution in [0.3, 0.4) is 0 Å². The Morgan fingerprint density at radius 2 is 2.07 bits per heavy atom. The standard InChI is InChI=1S/C19H19BrN4O4/c20-15-7-14(24(27)28)4-5-16(15)21-18(25)11-22-8-12-6-13(10-22)17-2-1-3-19(26)23(17)9-12/h1-5,7,12-13H,6,8-11H2,(H,21,25)/t12-,13-/m0/s1. The van der Waals surface area contributed by atoms with Gasteiger partial charge in [-0.15, -0.1) is 0 Å². The van der Waals surface area contributed by atoms with Crippen molar-refractivity contribution in [2.45, 2.75) is 18.9 Å². The smallest absolute Gasteiger partial charge is 0.270 e. The monoisotopic (exact) mass is 446 g/mol. The molecule has 1 aromatic heterocycles. The van der Waals surface area contributed by atoms with E-state index in [0.29, 0.717) is 22.6 Å². The number of nitrogens with one attached hydrogen (secondary N) is 1. The summed E-state index contributed by atoms with van der Waals surface area (Å²) < 4.78 is 2.34. The number of piperidine rings is 1. The minimum atomic E-state index is -0.480. The fourth-order valence-corrected chi connectivity index (χ4v) is 4.70. The van der Waals surface area contributed by atoms with Gasteiger partial charge in [0.2, 0.25) is 5.91 Å². The van der Waals surface area contributed by atoms with Gasteiger partial charge in [0.1, 0.15) is 0 Å². The first-order valence-electron chi connectivity index (χ1n) is 9.06. The summed E-state index contributed by atoms with van der Waals surface area (Å²) >= 11 is 3.27. The maximum atomic E-state index is 12.5. The Bertz CT molecular complexity index is 1010. The van der Waals surface area contributed by atoms with Crippen LogP contribution >= 0.6 is 15.9 Å². The van der Waals surface area contributed by atoms with E-state index in [2.05, 4.69) is 26.1 Å². The first-order valence-corrected chi connectivity index (χ1v) is 9.86. The van der Waals surface area contributed by atoms with E-state index in [-0.39, 0.29) is 29.6 Å². The number of benzene rings is 1. The topological polar surface area (TPSA) is 97.5 Å². The second-order valence-electron chi connectivity index (χ2n) is 7.36. The number of likely N-dealkylation sites (tertiary alicyclic amines) is 1. The Kier molecular flexibility index (Phi) is 5.03. The number of rotatable bonds is 4. The number of non-ortho nitro benzene ring substituents is 1. The molecular weight excluding hydrogens is 428 g/mol. The maximum absolute atomic E-state index is 12.5. The van der Waals surface area contributed by atoms with E-state index in [1.165, 1.54) is 18.2 Å². The average molecular weight is 447 g/mol. The third-order valence-corrected chi connectivity index (χ3v) is 6.02. The lowest BCUT2D eigenvalue weighted by Crippen LogP contribution is -2.49. The molecule has 1 fully saturated rings. The fraction of sp³-hybridized carbons (Fsp3) is 0.368. The van der Waals surface area contributed by atoms with Gasteiger partial charge in [-0.2, -0.15) is 0 Å². The molecule has 0 saturated carbocycles. The van der Waals surface area contributed by atoms with Crippen LogP contribution in [0, 0.1) is 16.0 Å². The third kappa shape index (κ3) is 3.72. The molecule has 2 aliphatic heterocycles. The van der Waals surface area contributed by atoms with Crippen LogP contribution in [0.4, 0.5) is 11.4 Å². The molecule has 2 bridgehead atoms. The number of nitro groups is 1. The Morgan fingerprint density at radius 1 is 1.25 bits per heavy atom. The molecule has 1 aromatic carbocycles. The van der Waals surface area contributed by atoms with E-state index in [9.17, 15) is 19.7 Å². The third-order valence-electron chi connectivity index (χ3n) is 5.36. The number of fused-ring (bicyclic) bond motifs is 4.